The molecule has 1 amide bonds. The summed E-state index contributed by atoms with van der Waals surface area (Å²) in [6.45, 7) is 1.57. The Kier molecular flexibility index (Phi) is 3.62. The predicted molar refractivity (Wildman–Crippen MR) is 75.7 cm³/mol. The third-order valence-corrected chi connectivity index (χ3v) is 3.65. The Morgan fingerprint density at radius 3 is 3.00 bits per heavy atom. The Morgan fingerprint density at radius 1 is 1.43 bits per heavy atom. The van der Waals surface area contributed by atoms with Crippen LogP contribution in [0.1, 0.15) is 12.2 Å². The molecule has 2 heterocycles. The summed E-state index contributed by atoms with van der Waals surface area (Å²) in [4.78, 5) is 24.6. The summed E-state index contributed by atoms with van der Waals surface area (Å²) >= 11 is 0. The van der Waals surface area contributed by atoms with Crippen LogP contribution in [0.15, 0.2) is 34.7 Å². The molecular weight excluding hydrogens is 272 g/mol. The Hall–Kier alpha value is -2.34. The summed E-state index contributed by atoms with van der Waals surface area (Å²) in [5, 5.41) is 12.7. The van der Waals surface area contributed by atoms with Gasteiger partial charge in [-0.05, 0) is 12.1 Å². The molecule has 0 spiro atoms. The van der Waals surface area contributed by atoms with Crippen molar-refractivity contribution < 1.29 is 19.1 Å². The molecule has 2 aromatic rings. The molecule has 6 heteroatoms. The summed E-state index contributed by atoms with van der Waals surface area (Å²) in [5.74, 6) is -0.479. The zero-order valence-corrected chi connectivity index (χ0v) is 11.4. The maximum atomic E-state index is 11.9. The highest BCUT2D eigenvalue weighted by Gasteiger charge is 2.32. The van der Waals surface area contributed by atoms with Gasteiger partial charge in [0.15, 0.2) is 0 Å². The molecule has 1 unspecified atom stereocenters. The topological polar surface area (TPSA) is 82.8 Å². The molecule has 1 aromatic heterocycles. The third kappa shape index (κ3) is 2.90. The predicted octanol–water partition coefficient (Wildman–Crippen LogP) is 1.21. The number of hydrogen-bond donors (Lipinski definition) is 2. The Balaban J connectivity index is 1.80. The fraction of sp³-hybridized carbons (Fsp3) is 0.333. The standard InChI is InChI=1S/C15H16N2O4/c18-14(19)8-12-15(20)16-5-6-17(12)9-11-7-10-3-1-2-4-13(10)21-11/h1-4,7,12H,5-6,8-9H2,(H,16,20)(H,18,19). The first-order valence-electron chi connectivity index (χ1n) is 6.84. The highest BCUT2D eigenvalue weighted by atomic mass is 16.4. The quantitative estimate of drug-likeness (QED) is 0.883. The summed E-state index contributed by atoms with van der Waals surface area (Å²) in [6.07, 6.45) is -0.202. The second-order valence-corrected chi connectivity index (χ2v) is 5.13. The molecule has 21 heavy (non-hydrogen) atoms. The van der Waals surface area contributed by atoms with Gasteiger partial charge in [-0.1, -0.05) is 18.2 Å². The number of nitrogens with zero attached hydrogens (tertiary/aromatic N) is 1. The molecule has 0 aliphatic carbocycles. The number of hydrogen-bond acceptors (Lipinski definition) is 4. The Bertz CT molecular complexity index is 646. The van der Waals surface area contributed by atoms with E-state index in [9.17, 15) is 9.59 Å². The van der Waals surface area contributed by atoms with E-state index in [1.54, 1.807) is 0 Å². The van der Waals surface area contributed by atoms with Crippen LogP contribution in [0, 0.1) is 0 Å². The molecule has 0 saturated carbocycles. The minimum absolute atomic E-state index is 0.202. The molecule has 0 radical (unpaired) electrons. The number of carbonyl (C=O) groups is 2. The number of carboxylic acid groups (broad SMARTS) is 1. The first-order valence-corrected chi connectivity index (χ1v) is 6.84. The normalized spacial score (nSPS) is 19.6. The van der Waals surface area contributed by atoms with Gasteiger partial charge in [0.25, 0.3) is 0 Å². The molecule has 3 rings (SSSR count). The number of piperazine rings is 1. The lowest BCUT2D eigenvalue weighted by atomic mass is 10.1. The first-order chi connectivity index (χ1) is 10.1. The van der Waals surface area contributed by atoms with Gasteiger partial charge < -0.3 is 14.8 Å². The van der Waals surface area contributed by atoms with Crippen molar-refractivity contribution in [1.82, 2.24) is 10.2 Å². The van der Waals surface area contributed by atoms with Crippen LogP contribution in [-0.2, 0) is 16.1 Å². The van der Waals surface area contributed by atoms with E-state index in [1.165, 1.54) is 0 Å². The van der Waals surface area contributed by atoms with Crippen molar-refractivity contribution in [2.24, 2.45) is 0 Å². The van der Waals surface area contributed by atoms with Gasteiger partial charge in [0.05, 0.1) is 13.0 Å². The number of para-hydroxylation sites is 1. The van der Waals surface area contributed by atoms with Crippen LogP contribution in [0.4, 0.5) is 0 Å². The number of aliphatic carboxylic acids is 1. The van der Waals surface area contributed by atoms with E-state index < -0.39 is 12.0 Å². The molecule has 1 aromatic carbocycles. The van der Waals surface area contributed by atoms with Crippen molar-refractivity contribution in [2.45, 2.75) is 19.0 Å². The lowest BCUT2D eigenvalue weighted by molar-refractivity contribution is -0.143. The maximum Gasteiger partial charge on any atom is 0.305 e. The fourth-order valence-electron chi connectivity index (χ4n) is 2.65. The van der Waals surface area contributed by atoms with Gasteiger partial charge in [0, 0.05) is 18.5 Å². The van der Waals surface area contributed by atoms with Crippen LogP contribution < -0.4 is 5.32 Å². The number of benzene rings is 1. The largest absolute Gasteiger partial charge is 0.481 e. The number of rotatable bonds is 4. The Labute approximate surface area is 121 Å². The van der Waals surface area contributed by atoms with E-state index in [-0.39, 0.29) is 12.3 Å². The van der Waals surface area contributed by atoms with Crippen molar-refractivity contribution in [3.63, 3.8) is 0 Å². The van der Waals surface area contributed by atoms with Gasteiger partial charge >= 0.3 is 5.97 Å². The number of nitrogens with one attached hydrogen (secondary N) is 1. The molecular formula is C15H16N2O4. The molecule has 6 nitrogen and oxygen atoms in total. The van der Waals surface area contributed by atoms with Crippen molar-refractivity contribution >= 4 is 22.8 Å². The van der Waals surface area contributed by atoms with E-state index in [2.05, 4.69) is 5.32 Å². The summed E-state index contributed by atoms with van der Waals surface area (Å²) in [6, 6.07) is 8.96. The van der Waals surface area contributed by atoms with Crippen LogP contribution in [0.5, 0.6) is 0 Å². The van der Waals surface area contributed by atoms with E-state index >= 15 is 0 Å². The van der Waals surface area contributed by atoms with Gasteiger partial charge in [0.1, 0.15) is 17.4 Å². The highest BCUT2D eigenvalue weighted by Crippen LogP contribution is 2.21. The van der Waals surface area contributed by atoms with E-state index in [4.69, 9.17) is 9.52 Å². The van der Waals surface area contributed by atoms with Crippen molar-refractivity contribution in [3.05, 3.63) is 36.1 Å². The van der Waals surface area contributed by atoms with Gasteiger partial charge in [-0.3, -0.25) is 14.5 Å². The minimum Gasteiger partial charge on any atom is -0.481 e. The average molecular weight is 288 g/mol. The molecule has 110 valence electrons. The number of furan rings is 1. The molecule has 1 fully saturated rings. The molecule has 1 aliphatic rings. The van der Waals surface area contributed by atoms with Gasteiger partial charge in [-0.25, -0.2) is 0 Å². The van der Waals surface area contributed by atoms with Crippen LogP contribution >= 0.6 is 0 Å². The third-order valence-electron chi connectivity index (χ3n) is 3.65. The molecule has 0 bridgehead atoms. The van der Waals surface area contributed by atoms with Crippen molar-refractivity contribution in [3.8, 4) is 0 Å². The van der Waals surface area contributed by atoms with Crippen LogP contribution in [0.3, 0.4) is 0 Å². The Morgan fingerprint density at radius 2 is 2.24 bits per heavy atom. The molecule has 1 atom stereocenters. The van der Waals surface area contributed by atoms with Crippen LogP contribution in [-0.4, -0.2) is 41.0 Å². The number of fused-ring (bicyclic) bond motifs is 1. The summed E-state index contributed by atoms with van der Waals surface area (Å²) in [5.41, 5.74) is 0.795. The van der Waals surface area contributed by atoms with Crippen LogP contribution in [0.25, 0.3) is 11.0 Å². The molecule has 2 N–H and O–H groups in total. The number of carboxylic acids is 1. The monoisotopic (exact) mass is 288 g/mol. The minimum atomic E-state index is -0.980. The van der Waals surface area contributed by atoms with Crippen LogP contribution in [0.2, 0.25) is 0 Å². The average Bonchev–Trinajstić information content (AvgIpc) is 2.84. The van der Waals surface area contributed by atoms with E-state index in [0.717, 1.165) is 16.7 Å². The zero-order chi connectivity index (χ0) is 14.8. The molecule has 1 saturated heterocycles. The molecule has 1 aliphatic heterocycles. The van der Waals surface area contributed by atoms with Gasteiger partial charge in [-0.2, -0.15) is 0 Å². The smallest absolute Gasteiger partial charge is 0.305 e. The maximum absolute atomic E-state index is 11.9. The second kappa shape index (κ2) is 5.57. The van der Waals surface area contributed by atoms with Gasteiger partial charge in [0.2, 0.25) is 5.91 Å². The lowest BCUT2D eigenvalue weighted by Crippen LogP contribution is -2.55. The van der Waals surface area contributed by atoms with Gasteiger partial charge in [-0.15, -0.1) is 0 Å². The van der Waals surface area contributed by atoms with E-state index in [1.807, 2.05) is 35.2 Å². The summed E-state index contributed by atoms with van der Waals surface area (Å²) < 4.78 is 5.74. The lowest BCUT2D eigenvalue weighted by Gasteiger charge is -2.33. The first kappa shape index (κ1) is 13.6. The zero-order valence-electron chi connectivity index (χ0n) is 11.4. The highest BCUT2D eigenvalue weighted by molar-refractivity contribution is 5.86. The van der Waals surface area contributed by atoms with E-state index in [0.29, 0.717) is 19.6 Å². The van der Waals surface area contributed by atoms with Crippen molar-refractivity contribution in [1.29, 1.82) is 0 Å². The van der Waals surface area contributed by atoms with Crippen molar-refractivity contribution in [2.75, 3.05) is 13.1 Å². The second-order valence-electron chi connectivity index (χ2n) is 5.13. The number of carbonyl (C=O) groups excluding carboxylic acids is 1. The fourth-order valence-corrected chi connectivity index (χ4v) is 2.65. The number of amides is 1. The SMILES string of the molecule is O=C(O)CC1C(=O)NCCN1Cc1cc2ccccc2o1. The summed E-state index contributed by atoms with van der Waals surface area (Å²) in [7, 11) is 0.